The summed E-state index contributed by atoms with van der Waals surface area (Å²) in [6, 6.07) is 14.4. The molecule has 0 bridgehead atoms. The minimum atomic E-state index is -4.20. The molecule has 0 saturated heterocycles. The fraction of sp³-hybridized carbons (Fsp3) is 0.308. The van der Waals surface area contributed by atoms with Crippen molar-refractivity contribution in [3.63, 3.8) is 0 Å². The molecule has 196 valence electrons. The molecule has 3 aromatic rings. The van der Waals surface area contributed by atoms with E-state index >= 15 is 0 Å². The van der Waals surface area contributed by atoms with Crippen LogP contribution in [-0.4, -0.2) is 49.9 Å². The van der Waals surface area contributed by atoms with Crippen molar-refractivity contribution in [3.05, 3.63) is 65.2 Å². The maximum atomic E-state index is 13.8. The number of fused-ring (bicyclic) bond motifs is 3. The predicted molar refractivity (Wildman–Crippen MR) is 142 cm³/mol. The summed E-state index contributed by atoms with van der Waals surface area (Å²) in [5.41, 5.74) is 1.82. The quantitative estimate of drug-likeness (QED) is 0.146. The summed E-state index contributed by atoms with van der Waals surface area (Å²) in [6.45, 7) is 7.08. The standard InChI is InChI=1S/C26H26ClNO7S2/c1-16-10-13-21(37(27,33)34)17(2)23(16)35-25(29)24-26(3,4)20-12-11-18-8-5-6-9-19(18)22(20)28(24)14-7-15-36(30,31)32/h5-6,8-13H,7,14-15H2,1-4H3/p+1. The Hall–Kier alpha value is -2.79. The van der Waals surface area contributed by atoms with E-state index in [0.717, 1.165) is 22.0 Å². The smallest absolute Gasteiger partial charge is 0.405 e. The molecule has 11 heteroatoms. The van der Waals surface area contributed by atoms with Crippen LogP contribution in [0.3, 0.4) is 0 Å². The van der Waals surface area contributed by atoms with E-state index in [2.05, 4.69) is 0 Å². The van der Waals surface area contributed by atoms with E-state index in [9.17, 15) is 26.2 Å². The molecule has 0 amide bonds. The van der Waals surface area contributed by atoms with Crippen LogP contribution in [0.15, 0.2) is 53.4 Å². The van der Waals surface area contributed by atoms with E-state index in [0.29, 0.717) is 5.56 Å². The summed E-state index contributed by atoms with van der Waals surface area (Å²) in [6.07, 6.45) is 0.0619. The summed E-state index contributed by atoms with van der Waals surface area (Å²) in [5.74, 6) is -1.08. The lowest BCUT2D eigenvalue weighted by atomic mass is 9.81. The highest BCUT2D eigenvalue weighted by Gasteiger charge is 2.51. The van der Waals surface area contributed by atoms with Gasteiger partial charge in [-0.05, 0) is 50.8 Å². The number of nitrogens with zero attached hydrogens (tertiary/aromatic N) is 1. The Kier molecular flexibility index (Phi) is 7.00. The number of esters is 1. The van der Waals surface area contributed by atoms with Gasteiger partial charge in [-0.15, -0.1) is 0 Å². The number of aryl methyl sites for hydroxylation is 1. The van der Waals surface area contributed by atoms with Crippen molar-refractivity contribution in [1.29, 1.82) is 0 Å². The fourth-order valence-electron chi connectivity index (χ4n) is 4.99. The van der Waals surface area contributed by atoms with Crippen molar-refractivity contribution in [2.45, 2.75) is 44.4 Å². The van der Waals surface area contributed by atoms with E-state index in [1.807, 2.05) is 50.2 Å². The van der Waals surface area contributed by atoms with Crippen molar-refractivity contribution < 1.29 is 35.5 Å². The molecule has 1 N–H and O–H groups in total. The van der Waals surface area contributed by atoms with Crippen molar-refractivity contribution in [1.82, 2.24) is 0 Å². The molecule has 0 spiro atoms. The maximum Gasteiger partial charge on any atom is 0.405 e. The highest BCUT2D eigenvalue weighted by molar-refractivity contribution is 8.13. The second-order valence-corrected chi connectivity index (χ2v) is 13.7. The molecule has 0 aromatic heterocycles. The first-order chi connectivity index (χ1) is 17.1. The normalized spacial score (nSPS) is 15.2. The number of hydrogen-bond donors (Lipinski definition) is 1. The summed E-state index contributed by atoms with van der Waals surface area (Å²) >= 11 is 0. The number of rotatable bonds is 7. The third kappa shape index (κ3) is 5.16. The molecular formula is C26H27ClNO7S2+. The molecule has 0 unspecified atom stereocenters. The van der Waals surface area contributed by atoms with Crippen LogP contribution >= 0.6 is 10.7 Å². The van der Waals surface area contributed by atoms with Crippen LogP contribution in [0.2, 0.25) is 0 Å². The summed E-state index contributed by atoms with van der Waals surface area (Å²) in [4.78, 5) is 13.7. The molecule has 0 aliphatic carbocycles. The number of benzene rings is 3. The molecule has 4 rings (SSSR count). The number of hydrogen-bond acceptors (Lipinski definition) is 6. The lowest BCUT2D eigenvalue weighted by molar-refractivity contribution is -0.436. The molecule has 0 fully saturated rings. The van der Waals surface area contributed by atoms with Crippen molar-refractivity contribution in [2.75, 3.05) is 12.3 Å². The Labute approximate surface area is 220 Å². The molecule has 37 heavy (non-hydrogen) atoms. The van der Waals surface area contributed by atoms with Gasteiger partial charge < -0.3 is 4.74 Å². The second kappa shape index (κ2) is 9.50. The van der Waals surface area contributed by atoms with E-state index in [1.165, 1.54) is 19.1 Å². The Morgan fingerprint density at radius 3 is 2.35 bits per heavy atom. The van der Waals surface area contributed by atoms with Crippen LogP contribution in [-0.2, 0) is 29.4 Å². The van der Waals surface area contributed by atoms with Gasteiger partial charge in [0, 0.05) is 28.2 Å². The number of ether oxygens (including phenoxy) is 1. The van der Waals surface area contributed by atoms with Gasteiger partial charge in [0.1, 0.15) is 5.75 Å². The van der Waals surface area contributed by atoms with Crippen LogP contribution in [0.1, 0.15) is 37.0 Å². The van der Waals surface area contributed by atoms with Gasteiger partial charge in [-0.2, -0.15) is 13.0 Å². The molecule has 1 aliphatic heterocycles. The van der Waals surface area contributed by atoms with E-state index < -0.39 is 36.3 Å². The van der Waals surface area contributed by atoms with Crippen LogP contribution < -0.4 is 4.74 Å². The minimum absolute atomic E-state index is 0.0619. The lowest BCUT2D eigenvalue weighted by Crippen LogP contribution is -2.39. The van der Waals surface area contributed by atoms with Crippen molar-refractivity contribution >= 4 is 58.0 Å². The molecule has 0 atom stereocenters. The highest BCUT2D eigenvalue weighted by Crippen LogP contribution is 2.44. The third-order valence-electron chi connectivity index (χ3n) is 6.69. The summed E-state index contributed by atoms with van der Waals surface area (Å²) in [5, 5.41) is 1.82. The second-order valence-electron chi connectivity index (χ2n) is 9.61. The van der Waals surface area contributed by atoms with Crippen molar-refractivity contribution in [2.24, 2.45) is 0 Å². The summed E-state index contributed by atoms with van der Waals surface area (Å²) in [7, 11) is -2.69. The number of carbonyl (C=O) groups is 1. The van der Waals surface area contributed by atoms with Gasteiger partial charge in [-0.3, -0.25) is 4.55 Å². The average molecular weight is 565 g/mol. The van der Waals surface area contributed by atoms with E-state index in [1.54, 1.807) is 11.5 Å². The molecule has 1 aliphatic rings. The van der Waals surface area contributed by atoms with Crippen molar-refractivity contribution in [3.8, 4) is 5.75 Å². The first-order valence-electron chi connectivity index (χ1n) is 11.5. The minimum Gasteiger partial charge on any atom is -0.418 e. The topological polar surface area (TPSA) is 118 Å². The van der Waals surface area contributed by atoms with Crippen LogP contribution in [0.4, 0.5) is 5.69 Å². The summed E-state index contributed by atoms with van der Waals surface area (Å²) < 4.78 is 63.8. The van der Waals surface area contributed by atoms with Gasteiger partial charge in [0.15, 0.2) is 6.54 Å². The third-order valence-corrected chi connectivity index (χ3v) is 8.96. The molecule has 1 heterocycles. The van der Waals surface area contributed by atoms with Gasteiger partial charge in [0.05, 0.1) is 21.4 Å². The predicted octanol–water partition coefficient (Wildman–Crippen LogP) is 4.64. The first kappa shape index (κ1) is 27.3. The molecule has 0 radical (unpaired) electrons. The van der Waals surface area contributed by atoms with Gasteiger partial charge >= 0.3 is 5.97 Å². The van der Waals surface area contributed by atoms with Gasteiger partial charge in [-0.25, -0.2) is 13.2 Å². The Bertz CT molecular complexity index is 1690. The zero-order chi connectivity index (χ0) is 27.3. The molecule has 3 aromatic carbocycles. The largest absolute Gasteiger partial charge is 0.418 e. The zero-order valence-electron chi connectivity index (χ0n) is 20.8. The van der Waals surface area contributed by atoms with E-state index in [-0.39, 0.29) is 34.9 Å². The van der Waals surface area contributed by atoms with Crippen LogP contribution in [0, 0.1) is 13.8 Å². The first-order valence-corrected chi connectivity index (χ1v) is 15.4. The van der Waals surface area contributed by atoms with Crippen LogP contribution in [0.5, 0.6) is 5.75 Å². The monoisotopic (exact) mass is 564 g/mol. The Morgan fingerprint density at radius 1 is 1.03 bits per heavy atom. The zero-order valence-corrected chi connectivity index (χ0v) is 23.2. The maximum absolute atomic E-state index is 13.8. The van der Waals surface area contributed by atoms with Crippen LogP contribution in [0.25, 0.3) is 10.8 Å². The number of carbonyl (C=O) groups excluding carboxylic acids is 1. The number of halogens is 1. The average Bonchev–Trinajstić information content (AvgIpc) is 3.01. The molecule has 8 nitrogen and oxygen atoms in total. The van der Waals surface area contributed by atoms with Gasteiger partial charge in [0.2, 0.25) is 5.69 Å². The molecular weight excluding hydrogens is 538 g/mol. The van der Waals surface area contributed by atoms with Gasteiger partial charge in [0.25, 0.3) is 24.9 Å². The Balaban J connectivity index is 1.89. The Morgan fingerprint density at radius 2 is 1.70 bits per heavy atom. The highest BCUT2D eigenvalue weighted by atomic mass is 35.7. The van der Waals surface area contributed by atoms with Gasteiger partial charge in [-0.1, -0.05) is 36.4 Å². The fourth-order valence-corrected chi connectivity index (χ4v) is 6.68. The van der Waals surface area contributed by atoms with E-state index in [4.69, 9.17) is 15.4 Å². The SMILES string of the molecule is Cc1ccc(S(=O)(=O)Cl)c(C)c1OC(=O)C1=[N+](CCCS(=O)(=O)O)c2c(ccc3ccccc23)C1(C)C. The molecule has 0 saturated carbocycles. The lowest BCUT2D eigenvalue weighted by Gasteiger charge is -2.18.